The topological polar surface area (TPSA) is 29.5 Å². The second kappa shape index (κ2) is 10.7. The highest BCUT2D eigenvalue weighted by atomic mass is 79.9. The van der Waals surface area contributed by atoms with Crippen LogP contribution in [0.4, 0.5) is 4.79 Å². The van der Waals surface area contributed by atoms with E-state index in [-0.39, 0.29) is 6.09 Å². The van der Waals surface area contributed by atoms with E-state index in [4.69, 9.17) is 4.74 Å². The highest BCUT2D eigenvalue weighted by molar-refractivity contribution is 9.10. The third-order valence-electron chi connectivity index (χ3n) is 3.16. The second-order valence-corrected chi connectivity index (χ2v) is 6.88. The number of carbonyl (C=O) groups is 1. The number of nitrogens with zero attached hydrogens (tertiary/aromatic N) is 1. The van der Waals surface area contributed by atoms with Crippen molar-refractivity contribution in [2.45, 2.75) is 66.4 Å². The number of likely N-dealkylation sites (tertiary alicyclic amines) is 1. The summed E-state index contributed by atoms with van der Waals surface area (Å²) in [7, 11) is 0. The van der Waals surface area contributed by atoms with Crippen LogP contribution in [0.5, 0.6) is 0 Å². The van der Waals surface area contributed by atoms with E-state index in [1.807, 2.05) is 60.6 Å². The molecule has 3 nitrogen and oxygen atoms in total. The van der Waals surface area contributed by atoms with Crippen LogP contribution in [0.25, 0.3) is 0 Å². The minimum absolute atomic E-state index is 0.204. The summed E-state index contributed by atoms with van der Waals surface area (Å²) >= 11 is 3.49. The van der Waals surface area contributed by atoms with E-state index in [0.717, 1.165) is 24.0 Å². The molecule has 0 N–H and O–H groups in total. The lowest BCUT2D eigenvalue weighted by Gasteiger charge is -2.24. The zero-order valence-corrected chi connectivity index (χ0v) is 17.2. The minimum atomic E-state index is -0.426. The van der Waals surface area contributed by atoms with Gasteiger partial charge in [-0.3, -0.25) is 0 Å². The SMILES string of the molecule is CC.CC.CC(C)(C)OC(=O)N1CCC(c2cccc(Br)c2)C1. The van der Waals surface area contributed by atoms with E-state index < -0.39 is 5.60 Å². The molecule has 1 fully saturated rings. The van der Waals surface area contributed by atoms with Crippen LogP contribution in [0.3, 0.4) is 0 Å². The summed E-state index contributed by atoms with van der Waals surface area (Å²) in [6.07, 6.45) is 0.792. The quantitative estimate of drug-likeness (QED) is 0.573. The minimum Gasteiger partial charge on any atom is -0.444 e. The van der Waals surface area contributed by atoms with E-state index in [2.05, 4.69) is 28.1 Å². The van der Waals surface area contributed by atoms with Crippen LogP contribution >= 0.6 is 15.9 Å². The van der Waals surface area contributed by atoms with Crippen molar-refractivity contribution < 1.29 is 9.53 Å². The van der Waals surface area contributed by atoms with Gasteiger partial charge in [0.1, 0.15) is 5.60 Å². The van der Waals surface area contributed by atoms with Crippen LogP contribution in [0, 0.1) is 0 Å². The fourth-order valence-corrected chi connectivity index (χ4v) is 2.70. The molecule has 1 aliphatic heterocycles. The highest BCUT2D eigenvalue weighted by Crippen LogP contribution is 2.29. The van der Waals surface area contributed by atoms with Gasteiger partial charge in [0.15, 0.2) is 0 Å². The van der Waals surface area contributed by atoms with Crippen LogP contribution in [-0.2, 0) is 4.74 Å². The summed E-state index contributed by atoms with van der Waals surface area (Å²) < 4.78 is 6.49. The Balaban J connectivity index is 0.00000112. The first-order chi connectivity index (χ1) is 10.8. The Bertz CT molecular complexity index is 469. The van der Waals surface area contributed by atoms with Crippen molar-refractivity contribution in [1.82, 2.24) is 4.90 Å². The Kier molecular flexibility index (Phi) is 10.2. The van der Waals surface area contributed by atoms with Crippen LogP contribution in [-0.4, -0.2) is 29.7 Å². The molecule has 1 heterocycles. The fourth-order valence-electron chi connectivity index (χ4n) is 2.29. The number of benzene rings is 1. The molecular formula is C19H32BrNO2. The van der Waals surface area contributed by atoms with E-state index in [1.54, 1.807) is 4.90 Å². The van der Waals surface area contributed by atoms with E-state index in [1.165, 1.54) is 5.56 Å². The summed E-state index contributed by atoms with van der Waals surface area (Å²) in [6, 6.07) is 8.30. The summed E-state index contributed by atoms with van der Waals surface area (Å²) in [5, 5.41) is 0. The number of hydrogen-bond acceptors (Lipinski definition) is 2. The van der Waals surface area contributed by atoms with Crippen molar-refractivity contribution in [2.75, 3.05) is 13.1 Å². The van der Waals surface area contributed by atoms with Gasteiger partial charge < -0.3 is 9.64 Å². The molecule has 23 heavy (non-hydrogen) atoms. The first kappa shape index (κ1) is 22.0. The molecule has 4 heteroatoms. The lowest BCUT2D eigenvalue weighted by atomic mass is 9.99. The molecule has 0 aromatic heterocycles. The van der Waals surface area contributed by atoms with Crippen LogP contribution in [0.2, 0.25) is 0 Å². The maximum absolute atomic E-state index is 12.0. The molecule has 0 bridgehead atoms. The van der Waals surface area contributed by atoms with Gasteiger partial charge in [0.25, 0.3) is 0 Å². The van der Waals surface area contributed by atoms with Gasteiger partial charge in [-0.15, -0.1) is 0 Å². The van der Waals surface area contributed by atoms with Crippen molar-refractivity contribution in [2.24, 2.45) is 0 Å². The third-order valence-corrected chi connectivity index (χ3v) is 3.65. The molecule has 1 unspecified atom stereocenters. The Hall–Kier alpha value is -1.03. The van der Waals surface area contributed by atoms with Crippen molar-refractivity contribution in [3.05, 3.63) is 34.3 Å². The van der Waals surface area contributed by atoms with E-state index >= 15 is 0 Å². The lowest BCUT2D eigenvalue weighted by Crippen LogP contribution is -2.35. The van der Waals surface area contributed by atoms with Gasteiger partial charge in [0, 0.05) is 23.5 Å². The van der Waals surface area contributed by atoms with Crippen molar-refractivity contribution in [3.8, 4) is 0 Å². The van der Waals surface area contributed by atoms with Crippen molar-refractivity contribution in [1.29, 1.82) is 0 Å². The molecule has 1 amide bonds. The molecule has 1 aromatic rings. The van der Waals surface area contributed by atoms with Gasteiger partial charge in [-0.25, -0.2) is 4.79 Å². The highest BCUT2D eigenvalue weighted by Gasteiger charge is 2.30. The number of carbonyl (C=O) groups excluding carboxylic acids is 1. The van der Waals surface area contributed by atoms with Gasteiger partial charge in [-0.05, 0) is 44.9 Å². The maximum atomic E-state index is 12.0. The van der Waals surface area contributed by atoms with Gasteiger partial charge in [0.05, 0.1) is 0 Å². The predicted molar refractivity (Wildman–Crippen MR) is 102 cm³/mol. The number of ether oxygens (including phenoxy) is 1. The monoisotopic (exact) mass is 385 g/mol. The number of rotatable bonds is 1. The van der Waals surface area contributed by atoms with E-state index in [9.17, 15) is 4.79 Å². The predicted octanol–water partition coefficient (Wildman–Crippen LogP) is 6.23. The van der Waals surface area contributed by atoms with Gasteiger partial charge in [0.2, 0.25) is 0 Å². The number of halogens is 1. The average molecular weight is 386 g/mol. The summed E-state index contributed by atoms with van der Waals surface area (Å²) in [5.74, 6) is 0.407. The molecule has 1 atom stereocenters. The number of hydrogen-bond donors (Lipinski definition) is 0. The van der Waals surface area contributed by atoms with Crippen LogP contribution in [0.15, 0.2) is 28.7 Å². The van der Waals surface area contributed by atoms with Gasteiger partial charge in [-0.1, -0.05) is 55.8 Å². The normalized spacial score (nSPS) is 16.7. The average Bonchev–Trinajstić information content (AvgIpc) is 3.00. The zero-order chi connectivity index (χ0) is 18.0. The summed E-state index contributed by atoms with van der Waals surface area (Å²) in [4.78, 5) is 13.8. The molecule has 1 aliphatic rings. The van der Waals surface area contributed by atoms with Crippen LogP contribution < -0.4 is 0 Å². The smallest absolute Gasteiger partial charge is 0.410 e. The fraction of sp³-hybridized carbons (Fsp3) is 0.632. The Morgan fingerprint density at radius 3 is 2.35 bits per heavy atom. The molecule has 2 rings (SSSR count). The molecule has 0 aliphatic carbocycles. The standard InChI is InChI=1S/C15H20BrNO2.2C2H6/c1-15(2,3)19-14(18)17-8-7-12(10-17)11-5-4-6-13(16)9-11;2*1-2/h4-6,9,12H,7-8,10H2,1-3H3;2*1-2H3. The first-order valence-corrected chi connectivity index (χ1v) is 9.38. The molecule has 0 saturated carbocycles. The number of amides is 1. The Morgan fingerprint density at radius 2 is 1.83 bits per heavy atom. The second-order valence-electron chi connectivity index (χ2n) is 5.97. The van der Waals surface area contributed by atoms with Gasteiger partial charge in [-0.2, -0.15) is 0 Å². The van der Waals surface area contributed by atoms with Crippen LogP contribution in [0.1, 0.15) is 66.4 Å². The van der Waals surface area contributed by atoms with Crippen molar-refractivity contribution in [3.63, 3.8) is 0 Å². The molecule has 1 saturated heterocycles. The third kappa shape index (κ3) is 7.87. The largest absolute Gasteiger partial charge is 0.444 e. The summed E-state index contributed by atoms with van der Waals surface area (Å²) in [5.41, 5.74) is 0.853. The summed E-state index contributed by atoms with van der Waals surface area (Å²) in [6.45, 7) is 15.2. The van der Waals surface area contributed by atoms with E-state index in [0.29, 0.717) is 5.92 Å². The molecule has 0 radical (unpaired) electrons. The lowest BCUT2D eigenvalue weighted by molar-refractivity contribution is 0.0292. The van der Waals surface area contributed by atoms with Crippen molar-refractivity contribution >= 4 is 22.0 Å². The Labute approximate surface area is 150 Å². The zero-order valence-electron chi connectivity index (χ0n) is 15.6. The molecular weight excluding hydrogens is 354 g/mol. The molecule has 132 valence electrons. The Morgan fingerprint density at radius 1 is 1.22 bits per heavy atom. The molecule has 1 aromatic carbocycles. The van der Waals surface area contributed by atoms with Gasteiger partial charge >= 0.3 is 6.09 Å². The first-order valence-electron chi connectivity index (χ1n) is 8.58. The molecule has 0 spiro atoms. The maximum Gasteiger partial charge on any atom is 0.410 e.